The Morgan fingerprint density at radius 3 is 2.44 bits per heavy atom. The molecule has 0 bridgehead atoms. The third-order valence-electron chi connectivity index (χ3n) is 3.78. The molecular weight excluding hydrogens is 366 g/mol. The number of aromatic nitrogens is 3. The van der Waals surface area contributed by atoms with Crippen LogP contribution >= 0.6 is 12.4 Å². The number of benzene rings is 1. The van der Waals surface area contributed by atoms with E-state index in [0.717, 1.165) is 36.6 Å². The fraction of sp³-hybridized carbons (Fsp3) is 0.526. The Morgan fingerprint density at radius 2 is 1.85 bits per heavy atom. The maximum atomic E-state index is 12.4. The average molecular weight is 396 g/mol. The molecule has 8 heteroatoms. The predicted octanol–water partition coefficient (Wildman–Crippen LogP) is 2.77. The van der Waals surface area contributed by atoms with Crippen molar-refractivity contribution in [3.8, 4) is 11.4 Å². The van der Waals surface area contributed by atoms with E-state index in [0.29, 0.717) is 18.7 Å². The van der Waals surface area contributed by atoms with Gasteiger partial charge in [0.15, 0.2) is 5.69 Å². The van der Waals surface area contributed by atoms with Crippen LogP contribution in [0.25, 0.3) is 5.69 Å². The number of nitrogens with zero attached hydrogens (tertiary/aromatic N) is 3. The Bertz CT molecular complexity index is 701. The van der Waals surface area contributed by atoms with Gasteiger partial charge < -0.3 is 15.4 Å². The molecule has 0 radical (unpaired) electrons. The van der Waals surface area contributed by atoms with Crippen molar-refractivity contribution in [2.75, 3.05) is 19.6 Å². The normalized spacial score (nSPS) is 10.6. The van der Waals surface area contributed by atoms with Crippen LogP contribution in [-0.2, 0) is 6.42 Å². The molecule has 150 valence electrons. The fourth-order valence-electron chi connectivity index (χ4n) is 2.59. The molecule has 0 atom stereocenters. The monoisotopic (exact) mass is 395 g/mol. The summed E-state index contributed by atoms with van der Waals surface area (Å²) in [6.45, 7) is 10.3. The summed E-state index contributed by atoms with van der Waals surface area (Å²) >= 11 is 0. The molecule has 1 aromatic carbocycles. The first kappa shape index (κ1) is 22.9. The quantitative estimate of drug-likeness (QED) is 0.604. The Balaban J connectivity index is 0.00000364. The first-order valence-corrected chi connectivity index (χ1v) is 9.27. The average Bonchev–Trinajstić information content (AvgIpc) is 3.05. The summed E-state index contributed by atoms with van der Waals surface area (Å²) in [4.78, 5) is 12.4. The molecule has 0 saturated heterocycles. The van der Waals surface area contributed by atoms with E-state index in [9.17, 15) is 4.79 Å². The van der Waals surface area contributed by atoms with Gasteiger partial charge in [-0.05, 0) is 57.5 Å². The van der Waals surface area contributed by atoms with E-state index in [1.54, 1.807) is 4.68 Å². The van der Waals surface area contributed by atoms with Crippen molar-refractivity contribution in [2.45, 2.75) is 46.6 Å². The van der Waals surface area contributed by atoms with Gasteiger partial charge in [0.25, 0.3) is 5.91 Å². The van der Waals surface area contributed by atoms with Crippen molar-refractivity contribution >= 4 is 18.3 Å². The van der Waals surface area contributed by atoms with E-state index in [1.807, 2.05) is 45.0 Å². The molecule has 2 N–H and O–H groups in total. The zero-order valence-corrected chi connectivity index (χ0v) is 17.3. The molecule has 1 amide bonds. The highest BCUT2D eigenvalue weighted by atomic mass is 35.5. The highest BCUT2D eigenvalue weighted by molar-refractivity contribution is 5.93. The van der Waals surface area contributed by atoms with Gasteiger partial charge in [0, 0.05) is 13.1 Å². The molecule has 2 rings (SSSR count). The third kappa shape index (κ3) is 6.52. The molecule has 2 aromatic rings. The van der Waals surface area contributed by atoms with Crippen molar-refractivity contribution in [3.63, 3.8) is 0 Å². The van der Waals surface area contributed by atoms with Crippen LogP contribution in [0, 0.1) is 0 Å². The predicted molar refractivity (Wildman–Crippen MR) is 109 cm³/mol. The molecule has 0 spiro atoms. The number of amides is 1. The van der Waals surface area contributed by atoms with Crippen molar-refractivity contribution in [3.05, 3.63) is 35.7 Å². The number of hydrogen-bond acceptors (Lipinski definition) is 5. The van der Waals surface area contributed by atoms with Gasteiger partial charge in [0.1, 0.15) is 5.75 Å². The van der Waals surface area contributed by atoms with Crippen LogP contribution in [0.4, 0.5) is 0 Å². The maximum Gasteiger partial charge on any atom is 0.273 e. The Labute approximate surface area is 167 Å². The maximum absolute atomic E-state index is 12.4. The van der Waals surface area contributed by atoms with Gasteiger partial charge in [-0.3, -0.25) is 4.79 Å². The molecule has 0 aliphatic carbocycles. The van der Waals surface area contributed by atoms with Crippen molar-refractivity contribution < 1.29 is 9.53 Å². The van der Waals surface area contributed by atoms with Crippen LogP contribution in [0.2, 0.25) is 0 Å². The minimum absolute atomic E-state index is 0. The fourth-order valence-corrected chi connectivity index (χ4v) is 2.59. The summed E-state index contributed by atoms with van der Waals surface area (Å²) in [6, 6.07) is 7.63. The van der Waals surface area contributed by atoms with Gasteiger partial charge in [-0.15, -0.1) is 17.5 Å². The SMILES string of the molecule is CCCNCCNC(=O)c1nnn(-c2ccc(OC(C)C)cc2)c1CC.Cl. The second-order valence-corrected chi connectivity index (χ2v) is 6.32. The summed E-state index contributed by atoms with van der Waals surface area (Å²) in [7, 11) is 0. The second-order valence-electron chi connectivity index (χ2n) is 6.32. The topological polar surface area (TPSA) is 81.1 Å². The number of hydrogen-bond donors (Lipinski definition) is 2. The van der Waals surface area contributed by atoms with Crippen molar-refractivity contribution in [2.24, 2.45) is 0 Å². The van der Waals surface area contributed by atoms with E-state index in [2.05, 4.69) is 27.9 Å². The standard InChI is InChI=1S/C19H29N5O2.ClH/c1-5-11-20-12-13-21-19(25)18-17(6-2)24(23-22-18)15-7-9-16(10-8-15)26-14(3)4;/h7-10,14,20H,5-6,11-13H2,1-4H3,(H,21,25);1H. The zero-order chi connectivity index (χ0) is 18.9. The van der Waals surface area contributed by atoms with Crippen LogP contribution in [0.5, 0.6) is 5.75 Å². The van der Waals surface area contributed by atoms with Crippen molar-refractivity contribution in [1.82, 2.24) is 25.6 Å². The van der Waals surface area contributed by atoms with E-state index >= 15 is 0 Å². The molecule has 7 nitrogen and oxygen atoms in total. The van der Waals surface area contributed by atoms with Crippen LogP contribution in [0.15, 0.2) is 24.3 Å². The Morgan fingerprint density at radius 1 is 1.15 bits per heavy atom. The lowest BCUT2D eigenvalue weighted by Gasteiger charge is -2.11. The van der Waals surface area contributed by atoms with Gasteiger partial charge in [-0.25, -0.2) is 4.68 Å². The molecule has 0 saturated carbocycles. The van der Waals surface area contributed by atoms with Gasteiger partial charge >= 0.3 is 0 Å². The molecule has 0 fully saturated rings. The lowest BCUT2D eigenvalue weighted by atomic mass is 10.2. The molecular formula is C19H30ClN5O2. The molecule has 1 heterocycles. The van der Waals surface area contributed by atoms with E-state index in [1.165, 1.54) is 0 Å². The first-order valence-electron chi connectivity index (χ1n) is 9.27. The number of rotatable bonds is 10. The van der Waals surface area contributed by atoms with Gasteiger partial charge in [0.05, 0.1) is 17.5 Å². The molecule has 0 aliphatic rings. The highest BCUT2D eigenvalue weighted by Crippen LogP contribution is 2.18. The van der Waals surface area contributed by atoms with Gasteiger partial charge in [-0.2, -0.15) is 0 Å². The summed E-state index contributed by atoms with van der Waals surface area (Å²) in [5.41, 5.74) is 2.03. The number of carbonyl (C=O) groups excluding carboxylic acids is 1. The van der Waals surface area contributed by atoms with Gasteiger partial charge in [0.2, 0.25) is 0 Å². The van der Waals surface area contributed by atoms with E-state index in [4.69, 9.17) is 4.74 Å². The van der Waals surface area contributed by atoms with Crippen molar-refractivity contribution in [1.29, 1.82) is 0 Å². The summed E-state index contributed by atoms with van der Waals surface area (Å²) < 4.78 is 7.37. The van der Waals surface area contributed by atoms with Crippen LogP contribution in [-0.4, -0.2) is 46.6 Å². The minimum atomic E-state index is -0.189. The summed E-state index contributed by atoms with van der Waals surface area (Å²) in [6.07, 6.45) is 1.86. The summed E-state index contributed by atoms with van der Waals surface area (Å²) in [5, 5.41) is 14.4. The molecule has 0 unspecified atom stereocenters. The van der Waals surface area contributed by atoms with Crippen LogP contribution < -0.4 is 15.4 Å². The number of carbonyl (C=O) groups is 1. The molecule has 27 heavy (non-hydrogen) atoms. The second kappa shape index (κ2) is 11.6. The van der Waals surface area contributed by atoms with Crippen LogP contribution in [0.1, 0.15) is 50.3 Å². The largest absolute Gasteiger partial charge is 0.491 e. The van der Waals surface area contributed by atoms with Gasteiger partial charge in [-0.1, -0.05) is 19.1 Å². The summed E-state index contributed by atoms with van der Waals surface area (Å²) in [5.74, 6) is 0.616. The van der Waals surface area contributed by atoms with E-state index < -0.39 is 0 Å². The van der Waals surface area contributed by atoms with Crippen LogP contribution in [0.3, 0.4) is 0 Å². The number of ether oxygens (including phenoxy) is 1. The lowest BCUT2D eigenvalue weighted by molar-refractivity contribution is 0.0948. The smallest absolute Gasteiger partial charge is 0.273 e. The lowest BCUT2D eigenvalue weighted by Crippen LogP contribution is -2.32. The Hall–Kier alpha value is -2.12. The Kier molecular flexibility index (Phi) is 9.82. The highest BCUT2D eigenvalue weighted by Gasteiger charge is 2.19. The number of halogens is 1. The molecule has 1 aromatic heterocycles. The third-order valence-corrected chi connectivity index (χ3v) is 3.78. The zero-order valence-electron chi connectivity index (χ0n) is 16.5. The first-order chi connectivity index (χ1) is 12.6. The van der Waals surface area contributed by atoms with E-state index in [-0.39, 0.29) is 24.4 Å². The number of nitrogens with one attached hydrogen (secondary N) is 2. The minimum Gasteiger partial charge on any atom is -0.491 e. The molecule has 0 aliphatic heterocycles.